The highest BCUT2D eigenvalue weighted by molar-refractivity contribution is 5.77. The molecule has 6 nitrogen and oxygen atoms in total. The average Bonchev–Trinajstić information content (AvgIpc) is 2.57. The van der Waals surface area contributed by atoms with Gasteiger partial charge in [0.05, 0.1) is 14.2 Å². The molecule has 0 amide bonds. The number of aliphatic hydroxyl groups excluding tert-OH is 2. The Hall–Kier alpha value is -2.31. The zero-order valence-electron chi connectivity index (χ0n) is 14.0. The predicted octanol–water partition coefficient (Wildman–Crippen LogP) is 2.53. The first-order valence-electron chi connectivity index (χ1n) is 7.69. The van der Waals surface area contributed by atoms with E-state index in [0.29, 0.717) is 39.5 Å². The zero-order valence-corrected chi connectivity index (χ0v) is 14.0. The minimum atomic E-state index is -1.19. The highest BCUT2D eigenvalue weighted by Gasteiger charge is 2.36. The van der Waals surface area contributed by atoms with Gasteiger partial charge in [-0.25, -0.2) is 4.79 Å². The number of hydrogen-bond acceptors (Lipinski definition) is 6. The van der Waals surface area contributed by atoms with Crippen LogP contribution >= 0.6 is 0 Å². The van der Waals surface area contributed by atoms with Crippen LogP contribution in [0.1, 0.15) is 48.9 Å². The molecule has 1 heterocycles. The zero-order chi connectivity index (χ0) is 17.6. The van der Waals surface area contributed by atoms with Gasteiger partial charge in [-0.3, -0.25) is 0 Å². The van der Waals surface area contributed by atoms with E-state index in [0.717, 1.165) is 0 Å². The molecule has 24 heavy (non-hydrogen) atoms. The summed E-state index contributed by atoms with van der Waals surface area (Å²) in [5.41, 5.74) is 1.59. The number of rotatable bonds is 3. The van der Waals surface area contributed by atoms with Crippen LogP contribution in [0.25, 0.3) is 11.1 Å². The highest BCUT2D eigenvalue weighted by atomic mass is 16.5. The normalized spacial score (nSPS) is 19.0. The lowest BCUT2D eigenvalue weighted by molar-refractivity contribution is 0.0132. The van der Waals surface area contributed by atoms with E-state index in [1.807, 2.05) is 13.8 Å². The molecule has 0 spiro atoms. The van der Waals surface area contributed by atoms with Crippen molar-refractivity contribution in [1.82, 2.24) is 0 Å². The van der Waals surface area contributed by atoms with Gasteiger partial charge in [-0.1, -0.05) is 13.8 Å². The van der Waals surface area contributed by atoms with Crippen LogP contribution in [0.5, 0.6) is 11.5 Å². The first-order valence-corrected chi connectivity index (χ1v) is 7.69. The maximum atomic E-state index is 12.0. The van der Waals surface area contributed by atoms with Gasteiger partial charge in [-0.15, -0.1) is 0 Å². The standard InChI is InChI=1S/C18H20O6/c1-8(2)18-15-10(7-14(19)24-18)9-5-12(22-3)13(23-4)6-11(9)16(20)17(15)21/h5-8,16-17,20-21H,1-4H3/t16-,17-/m1/s1. The second kappa shape index (κ2) is 5.96. The Labute approximate surface area is 139 Å². The third-order valence-corrected chi connectivity index (χ3v) is 4.31. The number of aliphatic hydroxyl groups is 2. The van der Waals surface area contributed by atoms with Crippen molar-refractivity contribution in [3.05, 3.63) is 45.5 Å². The van der Waals surface area contributed by atoms with Crippen molar-refractivity contribution < 1.29 is 24.1 Å². The smallest absolute Gasteiger partial charge is 0.336 e. The molecule has 2 N–H and O–H groups in total. The average molecular weight is 332 g/mol. The van der Waals surface area contributed by atoms with Crippen LogP contribution in [0.3, 0.4) is 0 Å². The second-order valence-corrected chi connectivity index (χ2v) is 6.10. The molecular formula is C18H20O6. The summed E-state index contributed by atoms with van der Waals surface area (Å²) in [6.07, 6.45) is -2.34. The molecule has 0 bridgehead atoms. The summed E-state index contributed by atoms with van der Waals surface area (Å²) in [6, 6.07) is 4.65. The summed E-state index contributed by atoms with van der Waals surface area (Å²) in [7, 11) is 3.01. The Bertz CT molecular complexity index is 836. The maximum Gasteiger partial charge on any atom is 0.336 e. The molecule has 128 valence electrons. The fourth-order valence-corrected chi connectivity index (χ4v) is 3.18. The largest absolute Gasteiger partial charge is 0.493 e. The van der Waals surface area contributed by atoms with E-state index in [-0.39, 0.29) is 5.92 Å². The van der Waals surface area contributed by atoms with Gasteiger partial charge in [-0.05, 0) is 28.8 Å². The molecule has 0 fully saturated rings. The summed E-state index contributed by atoms with van der Waals surface area (Å²) < 4.78 is 15.9. The van der Waals surface area contributed by atoms with Crippen molar-refractivity contribution in [3.63, 3.8) is 0 Å². The maximum absolute atomic E-state index is 12.0. The second-order valence-electron chi connectivity index (χ2n) is 6.10. The molecule has 0 radical (unpaired) electrons. The third-order valence-electron chi connectivity index (χ3n) is 4.31. The van der Waals surface area contributed by atoms with Crippen LogP contribution in [0.15, 0.2) is 27.4 Å². The van der Waals surface area contributed by atoms with E-state index in [4.69, 9.17) is 13.9 Å². The lowest BCUT2D eigenvalue weighted by Crippen LogP contribution is -2.22. The Kier molecular flexibility index (Phi) is 4.11. The Morgan fingerprint density at radius 2 is 1.62 bits per heavy atom. The first kappa shape index (κ1) is 16.5. The fourth-order valence-electron chi connectivity index (χ4n) is 3.18. The number of methoxy groups -OCH3 is 2. The van der Waals surface area contributed by atoms with Crippen LogP contribution < -0.4 is 15.1 Å². The van der Waals surface area contributed by atoms with Gasteiger partial charge in [0, 0.05) is 17.5 Å². The van der Waals surface area contributed by atoms with Gasteiger partial charge >= 0.3 is 5.63 Å². The summed E-state index contributed by atoms with van der Waals surface area (Å²) in [5.74, 6) is 1.18. The molecule has 0 aliphatic heterocycles. The highest BCUT2D eigenvalue weighted by Crippen LogP contribution is 2.49. The van der Waals surface area contributed by atoms with E-state index in [9.17, 15) is 15.0 Å². The lowest BCUT2D eigenvalue weighted by atomic mass is 9.80. The van der Waals surface area contributed by atoms with Gasteiger partial charge in [-0.2, -0.15) is 0 Å². The van der Waals surface area contributed by atoms with E-state index in [1.54, 1.807) is 12.1 Å². The summed E-state index contributed by atoms with van der Waals surface area (Å²) >= 11 is 0. The quantitative estimate of drug-likeness (QED) is 0.898. The number of benzene rings is 1. The molecule has 6 heteroatoms. The fraction of sp³-hybridized carbons (Fsp3) is 0.389. The minimum Gasteiger partial charge on any atom is -0.493 e. The van der Waals surface area contributed by atoms with Crippen molar-refractivity contribution in [1.29, 1.82) is 0 Å². The molecular weight excluding hydrogens is 312 g/mol. The third kappa shape index (κ3) is 2.39. The van der Waals surface area contributed by atoms with Gasteiger partial charge in [0.1, 0.15) is 18.0 Å². The van der Waals surface area contributed by atoms with Crippen molar-refractivity contribution in [3.8, 4) is 22.6 Å². The topological polar surface area (TPSA) is 89.1 Å². The monoisotopic (exact) mass is 332 g/mol. The SMILES string of the molecule is COc1cc2c(cc1OC)[C@@H](O)[C@H](O)c1c-2cc(=O)oc1C(C)C. The molecule has 0 saturated carbocycles. The number of ether oxygens (including phenoxy) is 2. The molecule has 1 aromatic carbocycles. The molecule has 0 unspecified atom stereocenters. The summed E-state index contributed by atoms with van der Waals surface area (Å²) in [4.78, 5) is 12.0. The van der Waals surface area contributed by atoms with E-state index in [1.165, 1.54) is 20.3 Å². The van der Waals surface area contributed by atoms with Crippen molar-refractivity contribution >= 4 is 0 Å². The van der Waals surface area contributed by atoms with E-state index < -0.39 is 17.8 Å². The van der Waals surface area contributed by atoms with Crippen LogP contribution in [-0.4, -0.2) is 24.4 Å². The molecule has 1 aliphatic rings. The van der Waals surface area contributed by atoms with Crippen LogP contribution in [0.4, 0.5) is 0 Å². The van der Waals surface area contributed by atoms with Crippen molar-refractivity contribution in [2.45, 2.75) is 32.0 Å². The lowest BCUT2D eigenvalue weighted by Gasteiger charge is -2.31. The molecule has 2 atom stereocenters. The summed E-state index contributed by atoms with van der Waals surface area (Å²) in [5, 5.41) is 21.2. The van der Waals surface area contributed by atoms with Crippen LogP contribution in [0.2, 0.25) is 0 Å². The van der Waals surface area contributed by atoms with Gasteiger partial charge < -0.3 is 24.1 Å². The Morgan fingerprint density at radius 3 is 2.21 bits per heavy atom. The van der Waals surface area contributed by atoms with Crippen LogP contribution in [-0.2, 0) is 0 Å². The molecule has 3 rings (SSSR count). The van der Waals surface area contributed by atoms with Gasteiger partial charge in [0.2, 0.25) is 0 Å². The van der Waals surface area contributed by atoms with E-state index in [2.05, 4.69) is 0 Å². The predicted molar refractivity (Wildman–Crippen MR) is 87.5 cm³/mol. The Balaban J connectivity index is 2.38. The first-order chi connectivity index (χ1) is 11.4. The van der Waals surface area contributed by atoms with Crippen molar-refractivity contribution in [2.24, 2.45) is 0 Å². The Morgan fingerprint density at radius 1 is 1.00 bits per heavy atom. The van der Waals surface area contributed by atoms with Gasteiger partial charge in [0.15, 0.2) is 11.5 Å². The molecule has 1 aromatic heterocycles. The number of hydrogen-bond donors (Lipinski definition) is 2. The summed E-state index contributed by atoms with van der Waals surface area (Å²) in [6.45, 7) is 3.73. The molecule has 1 aliphatic carbocycles. The molecule has 0 saturated heterocycles. The number of fused-ring (bicyclic) bond motifs is 3. The van der Waals surface area contributed by atoms with E-state index >= 15 is 0 Å². The van der Waals surface area contributed by atoms with Crippen LogP contribution in [0, 0.1) is 0 Å². The van der Waals surface area contributed by atoms with Crippen molar-refractivity contribution in [2.75, 3.05) is 14.2 Å². The minimum absolute atomic E-state index is 0.115. The van der Waals surface area contributed by atoms with Gasteiger partial charge in [0.25, 0.3) is 0 Å². The molecule has 2 aromatic rings.